The van der Waals surface area contributed by atoms with Crippen LogP contribution in [0.5, 0.6) is 0 Å². The molecule has 0 amide bonds. The number of aryl methyl sites for hydroxylation is 1. The van der Waals surface area contributed by atoms with Crippen LogP contribution < -0.4 is 10.6 Å². The van der Waals surface area contributed by atoms with Crippen molar-refractivity contribution in [2.45, 2.75) is 31.7 Å². The minimum atomic E-state index is 0.376. The molecule has 6 heteroatoms. The van der Waals surface area contributed by atoms with Gasteiger partial charge in [-0.3, -0.25) is 4.68 Å². The number of hydrogen-bond acceptors (Lipinski definition) is 5. The first-order valence-corrected chi connectivity index (χ1v) is 6.90. The highest BCUT2D eigenvalue weighted by Crippen LogP contribution is 2.27. The number of fused-ring (bicyclic) bond motifs is 1. The van der Waals surface area contributed by atoms with Crippen molar-refractivity contribution in [3.05, 3.63) is 12.5 Å². The summed E-state index contributed by atoms with van der Waals surface area (Å²) in [4.78, 5) is 11.1. The molecule has 0 aliphatic carbocycles. The highest BCUT2D eigenvalue weighted by atomic mass is 15.3. The maximum absolute atomic E-state index is 5.94. The van der Waals surface area contributed by atoms with Crippen LogP contribution in [0.25, 0.3) is 11.0 Å². The molecule has 0 aromatic carbocycles. The Kier molecular flexibility index (Phi) is 3.33. The summed E-state index contributed by atoms with van der Waals surface area (Å²) < 4.78 is 1.79. The second kappa shape index (κ2) is 5.13. The standard InChI is InChI=1S/C13H20N6/c1-18-12-11(8-17-18)13(16-9-15-12)19-6-4-2-3-5-10(19)7-14/h8-10H,2-7,14H2,1H3. The van der Waals surface area contributed by atoms with Gasteiger partial charge in [-0.25, -0.2) is 9.97 Å². The van der Waals surface area contributed by atoms with Crippen molar-refractivity contribution in [2.24, 2.45) is 12.8 Å². The van der Waals surface area contributed by atoms with Crippen LogP contribution in [0.2, 0.25) is 0 Å². The zero-order valence-corrected chi connectivity index (χ0v) is 11.3. The quantitative estimate of drug-likeness (QED) is 0.874. The van der Waals surface area contributed by atoms with Gasteiger partial charge >= 0.3 is 0 Å². The van der Waals surface area contributed by atoms with Gasteiger partial charge in [-0.1, -0.05) is 12.8 Å². The van der Waals surface area contributed by atoms with Gasteiger partial charge in [-0.15, -0.1) is 0 Å². The molecule has 1 aliphatic rings. The first-order valence-electron chi connectivity index (χ1n) is 6.90. The predicted molar refractivity (Wildman–Crippen MR) is 75.0 cm³/mol. The van der Waals surface area contributed by atoms with Crippen LogP contribution in [-0.2, 0) is 7.05 Å². The van der Waals surface area contributed by atoms with Crippen LogP contribution in [0.3, 0.4) is 0 Å². The van der Waals surface area contributed by atoms with E-state index < -0.39 is 0 Å². The Morgan fingerprint density at radius 2 is 2.21 bits per heavy atom. The van der Waals surface area contributed by atoms with Crippen LogP contribution in [0.1, 0.15) is 25.7 Å². The molecule has 1 unspecified atom stereocenters. The highest BCUT2D eigenvalue weighted by Gasteiger charge is 2.23. The van der Waals surface area contributed by atoms with Crippen LogP contribution >= 0.6 is 0 Å². The van der Waals surface area contributed by atoms with Crippen molar-refractivity contribution in [3.63, 3.8) is 0 Å². The van der Waals surface area contributed by atoms with E-state index in [4.69, 9.17) is 5.73 Å². The fraction of sp³-hybridized carbons (Fsp3) is 0.615. The van der Waals surface area contributed by atoms with Gasteiger partial charge in [0.2, 0.25) is 0 Å². The maximum atomic E-state index is 5.94. The molecular weight excluding hydrogens is 240 g/mol. The van der Waals surface area contributed by atoms with Crippen molar-refractivity contribution in [1.82, 2.24) is 19.7 Å². The first-order chi connectivity index (χ1) is 9.31. The second-order valence-electron chi connectivity index (χ2n) is 5.13. The summed E-state index contributed by atoms with van der Waals surface area (Å²) in [6.07, 6.45) is 8.33. The normalized spacial score (nSPS) is 20.7. The summed E-state index contributed by atoms with van der Waals surface area (Å²) in [5, 5.41) is 5.30. The molecule has 19 heavy (non-hydrogen) atoms. The van der Waals surface area contributed by atoms with E-state index in [-0.39, 0.29) is 0 Å². The van der Waals surface area contributed by atoms with E-state index in [1.165, 1.54) is 19.3 Å². The van der Waals surface area contributed by atoms with Gasteiger partial charge in [-0.2, -0.15) is 5.10 Å². The average molecular weight is 260 g/mol. The van der Waals surface area contributed by atoms with Gasteiger partial charge in [-0.05, 0) is 12.8 Å². The highest BCUT2D eigenvalue weighted by molar-refractivity contribution is 5.86. The molecule has 3 rings (SSSR count). The van der Waals surface area contributed by atoms with Crippen LogP contribution in [0.4, 0.5) is 5.82 Å². The third kappa shape index (κ3) is 2.16. The molecule has 3 heterocycles. The molecule has 2 N–H and O–H groups in total. The van der Waals surface area contributed by atoms with Gasteiger partial charge in [0.1, 0.15) is 12.1 Å². The van der Waals surface area contributed by atoms with Gasteiger partial charge < -0.3 is 10.6 Å². The smallest absolute Gasteiger partial charge is 0.163 e. The SMILES string of the molecule is Cn1ncc2c(N3CCCCCC3CN)ncnc21. The molecule has 0 saturated carbocycles. The topological polar surface area (TPSA) is 72.9 Å². The predicted octanol–water partition coefficient (Wildman–Crippen LogP) is 1.07. The molecule has 0 spiro atoms. The Hall–Kier alpha value is -1.69. The first kappa shape index (κ1) is 12.3. The van der Waals surface area contributed by atoms with Crippen LogP contribution in [-0.4, -0.2) is 38.9 Å². The third-order valence-electron chi connectivity index (χ3n) is 3.93. The summed E-state index contributed by atoms with van der Waals surface area (Å²) in [6, 6.07) is 0.376. The lowest BCUT2D eigenvalue weighted by atomic mass is 10.1. The molecule has 0 bridgehead atoms. The van der Waals surface area contributed by atoms with Crippen molar-refractivity contribution in [3.8, 4) is 0 Å². The van der Waals surface area contributed by atoms with Crippen molar-refractivity contribution >= 4 is 16.9 Å². The minimum absolute atomic E-state index is 0.376. The zero-order valence-electron chi connectivity index (χ0n) is 11.3. The zero-order chi connectivity index (χ0) is 13.2. The van der Waals surface area contributed by atoms with Crippen molar-refractivity contribution < 1.29 is 0 Å². The van der Waals surface area contributed by atoms with E-state index in [0.717, 1.165) is 29.8 Å². The van der Waals surface area contributed by atoms with Gasteiger partial charge in [0.25, 0.3) is 0 Å². The van der Waals surface area contributed by atoms with Gasteiger partial charge in [0, 0.05) is 26.2 Å². The number of anilines is 1. The molecular formula is C13H20N6. The summed E-state index contributed by atoms with van der Waals surface area (Å²) in [6.45, 7) is 1.69. The van der Waals surface area contributed by atoms with Gasteiger partial charge in [0.05, 0.1) is 11.6 Å². The summed E-state index contributed by atoms with van der Waals surface area (Å²) in [5.41, 5.74) is 6.82. The lowest BCUT2D eigenvalue weighted by Gasteiger charge is -2.30. The number of nitrogens with two attached hydrogens (primary N) is 1. The molecule has 0 radical (unpaired) electrons. The van der Waals surface area contributed by atoms with E-state index in [9.17, 15) is 0 Å². The molecule has 1 fully saturated rings. The molecule has 2 aromatic rings. The Morgan fingerprint density at radius 1 is 1.32 bits per heavy atom. The molecule has 2 aromatic heterocycles. The molecule has 6 nitrogen and oxygen atoms in total. The minimum Gasteiger partial charge on any atom is -0.352 e. The molecule has 102 valence electrons. The second-order valence-corrected chi connectivity index (χ2v) is 5.13. The Labute approximate surface area is 112 Å². The Morgan fingerprint density at radius 3 is 3.05 bits per heavy atom. The van der Waals surface area contributed by atoms with E-state index in [1.54, 1.807) is 11.0 Å². The number of nitrogens with zero attached hydrogens (tertiary/aromatic N) is 5. The van der Waals surface area contributed by atoms with E-state index in [1.807, 2.05) is 13.2 Å². The third-order valence-corrected chi connectivity index (χ3v) is 3.93. The van der Waals surface area contributed by atoms with Gasteiger partial charge in [0.15, 0.2) is 5.65 Å². The Bertz CT molecular complexity index is 563. The Balaban J connectivity index is 2.06. The van der Waals surface area contributed by atoms with E-state index >= 15 is 0 Å². The molecule has 1 atom stereocenters. The van der Waals surface area contributed by atoms with E-state index in [2.05, 4.69) is 20.0 Å². The maximum Gasteiger partial charge on any atom is 0.163 e. The number of hydrogen-bond donors (Lipinski definition) is 1. The van der Waals surface area contributed by atoms with E-state index in [0.29, 0.717) is 12.6 Å². The lowest BCUT2D eigenvalue weighted by Crippen LogP contribution is -2.40. The number of aromatic nitrogens is 4. The molecule has 1 saturated heterocycles. The summed E-state index contributed by atoms with van der Waals surface area (Å²) >= 11 is 0. The largest absolute Gasteiger partial charge is 0.352 e. The van der Waals surface area contributed by atoms with Crippen LogP contribution in [0.15, 0.2) is 12.5 Å². The fourth-order valence-corrected chi connectivity index (χ4v) is 2.88. The molecule has 1 aliphatic heterocycles. The van der Waals surface area contributed by atoms with Crippen LogP contribution in [0, 0.1) is 0 Å². The summed E-state index contributed by atoms with van der Waals surface area (Å²) in [5.74, 6) is 0.982. The fourth-order valence-electron chi connectivity index (χ4n) is 2.88. The average Bonchev–Trinajstić information content (AvgIpc) is 2.68. The monoisotopic (exact) mass is 260 g/mol. The van der Waals surface area contributed by atoms with Crippen molar-refractivity contribution in [1.29, 1.82) is 0 Å². The summed E-state index contributed by atoms with van der Waals surface area (Å²) in [7, 11) is 1.90. The number of rotatable bonds is 2. The van der Waals surface area contributed by atoms with Crippen molar-refractivity contribution in [2.75, 3.05) is 18.0 Å². The lowest BCUT2D eigenvalue weighted by molar-refractivity contribution is 0.577.